The molecule has 2 rings (SSSR count). The van der Waals surface area contributed by atoms with Crippen molar-refractivity contribution in [1.29, 1.82) is 0 Å². The van der Waals surface area contributed by atoms with E-state index >= 15 is 0 Å². The van der Waals surface area contributed by atoms with E-state index in [4.69, 9.17) is 22.5 Å². The molecule has 2 aromatic rings. The van der Waals surface area contributed by atoms with Gasteiger partial charge in [0.25, 0.3) is 10.0 Å². The predicted molar refractivity (Wildman–Crippen MR) is 73.4 cm³/mol. The summed E-state index contributed by atoms with van der Waals surface area (Å²) in [4.78, 5) is -0.0956. The molecular formula is C10H10ClN5O3S. The number of nitrogens with two attached hydrogens (primary N) is 1. The van der Waals surface area contributed by atoms with Gasteiger partial charge in [-0.25, -0.2) is 8.42 Å². The van der Waals surface area contributed by atoms with E-state index < -0.39 is 10.0 Å². The van der Waals surface area contributed by atoms with Crippen molar-refractivity contribution in [3.63, 3.8) is 0 Å². The molecule has 0 aliphatic carbocycles. The van der Waals surface area contributed by atoms with Crippen LogP contribution < -0.4 is 10.5 Å². The van der Waals surface area contributed by atoms with Crippen molar-refractivity contribution in [3.8, 4) is 0 Å². The van der Waals surface area contributed by atoms with Gasteiger partial charge in [-0.15, -0.1) is 0 Å². The molecule has 10 heteroatoms. The van der Waals surface area contributed by atoms with Gasteiger partial charge in [0.1, 0.15) is 10.7 Å². The monoisotopic (exact) mass is 315 g/mol. The van der Waals surface area contributed by atoms with Crippen molar-refractivity contribution in [2.75, 3.05) is 4.72 Å². The third kappa shape index (κ3) is 2.68. The minimum atomic E-state index is -3.92. The molecule has 0 bridgehead atoms. The maximum absolute atomic E-state index is 12.2. The summed E-state index contributed by atoms with van der Waals surface area (Å²) in [5.41, 5.74) is 5.52. The van der Waals surface area contributed by atoms with E-state index in [9.17, 15) is 8.42 Å². The number of hydrogen-bond donors (Lipinski definition) is 4. The lowest BCUT2D eigenvalue weighted by atomic mass is 10.3. The van der Waals surface area contributed by atoms with Crippen molar-refractivity contribution in [2.24, 2.45) is 10.9 Å². The molecule has 0 aliphatic heterocycles. The molecule has 20 heavy (non-hydrogen) atoms. The van der Waals surface area contributed by atoms with Crippen LogP contribution in [-0.4, -0.2) is 29.7 Å². The van der Waals surface area contributed by atoms with Crippen molar-refractivity contribution in [1.82, 2.24) is 10.2 Å². The largest absolute Gasteiger partial charge is 0.409 e. The highest BCUT2D eigenvalue weighted by Gasteiger charge is 2.21. The summed E-state index contributed by atoms with van der Waals surface area (Å²) in [5, 5.41) is 17.5. The quantitative estimate of drug-likeness (QED) is 0.288. The van der Waals surface area contributed by atoms with E-state index in [1.807, 2.05) is 0 Å². The first-order valence-corrected chi connectivity index (χ1v) is 7.10. The molecule has 106 valence electrons. The third-order valence-electron chi connectivity index (χ3n) is 2.39. The number of halogens is 1. The van der Waals surface area contributed by atoms with Crippen LogP contribution in [0.25, 0.3) is 0 Å². The summed E-state index contributed by atoms with van der Waals surface area (Å²) >= 11 is 5.85. The first-order chi connectivity index (χ1) is 9.45. The number of nitrogens with zero attached hydrogens (tertiary/aromatic N) is 2. The van der Waals surface area contributed by atoms with Crippen LogP contribution in [0.5, 0.6) is 0 Å². The molecule has 0 saturated heterocycles. The smallest absolute Gasteiger partial charge is 0.264 e. The Morgan fingerprint density at radius 2 is 2.15 bits per heavy atom. The van der Waals surface area contributed by atoms with Gasteiger partial charge in [0.15, 0.2) is 5.84 Å². The second-order valence-corrected chi connectivity index (χ2v) is 5.74. The molecular weight excluding hydrogens is 306 g/mol. The number of oxime groups is 1. The molecule has 0 radical (unpaired) electrons. The van der Waals surface area contributed by atoms with Crippen molar-refractivity contribution in [3.05, 3.63) is 41.0 Å². The third-order valence-corrected chi connectivity index (χ3v) is 4.24. The number of hydrogen-bond acceptors (Lipinski definition) is 5. The van der Waals surface area contributed by atoms with Gasteiger partial charge < -0.3 is 10.9 Å². The molecule has 8 nitrogen and oxygen atoms in total. The van der Waals surface area contributed by atoms with E-state index in [0.717, 1.165) is 0 Å². The maximum Gasteiger partial charge on any atom is 0.264 e. The van der Waals surface area contributed by atoms with E-state index in [1.165, 1.54) is 24.4 Å². The first-order valence-electron chi connectivity index (χ1n) is 5.24. The molecule has 1 heterocycles. The van der Waals surface area contributed by atoms with Gasteiger partial charge in [0.05, 0.1) is 16.8 Å². The minimum Gasteiger partial charge on any atom is -0.409 e. The second-order valence-electron chi connectivity index (χ2n) is 3.68. The zero-order valence-electron chi connectivity index (χ0n) is 9.91. The molecule has 0 unspecified atom stereocenters. The van der Waals surface area contributed by atoms with Crippen molar-refractivity contribution >= 4 is 33.3 Å². The molecule has 0 atom stereocenters. The lowest BCUT2D eigenvalue weighted by molar-refractivity contribution is 0.318. The van der Waals surface area contributed by atoms with Crippen LogP contribution in [0.3, 0.4) is 0 Å². The Bertz CT molecular complexity index is 756. The number of sulfonamides is 1. The van der Waals surface area contributed by atoms with E-state index in [0.29, 0.717) is 0 Å². The highest BCUT2D eigenvalue weighted by Crippen LogP contribution is 2.23. The van der Waals surface area contributed by atoms with Gasteiger partial charge in [-0.1, -0.05) is 28.9 Å². The normalized spacial score (nSPS) is 12.3. The SMILES string of the molecule is NC(=NO)c1cn[nH]c1NS(=O)(=O)c1ccccc1Cl. The lowest BCUT2D eigenvalue weighted by Gasteiger charge is -2.08. The van der Waals surface area contributed by atoms with Crippen LogP contribution in [0.2, 0.25) is 5.02 Å². The molecule has 1 aromatic heterocycles. The summed E-state index contributed by atoms with van der Waals surface area (Å²) in [6, 6.07) is 5.95. The summed E-state index contributed by atoms with van der Waals surface area (Å²) in [5.74, 6) is -0.309. The van der Waals surface area contributed by atoms with Gasteiger partial charge in [-0.2, -0.15) is 5.10 Å². The fraction of sp³-hybridized carbons (Fsp3) is 0. The number of aromatic amines is 1. The molecule has 0 amide bonds. The Kier molecular flexibility index (Phi) is 3.81. The van der Waals surface area contributed by atoms with Gasteiger partial charge in [-0.05, 0) is 12.1 Å². The number of rotatable bonds is 4. The van der Waals surface area contributed by atoms with Crippen LogP contribution in [0.15, 0.2) is 40.5 Å². The van der Waals surface area contributed by atoms with Crippen molar-refractivity contribution < 1.29 is 13.6 Å². The predicted octanol–water partition coefficient (Wildman–Crippen LogP) is 0.958. The van der Waals surface area contributed by atoms with Crippen LogP contribution in [0.4, 0.5) is 5.82 Å². The fourth-order valence-corrected chi connectivity index (χ4v) is 3.02. The van der Waals surface area contributed by atoms with Gasteiger partial charge >= 0.3 is 0 Å². The first kappa shape index (κ1) is 14.2. The number of aromatic nitrogens is 2. The van der Waals surface area contributed by atoms with Crippen LogP contribution >= 0.6 is 11.6 Å². The maximum atomic E-state index is 12.2. The number of benzene rings is 1. The molecule has 1 aromatic carbocycles. The van der Waals surface area contributed by atoms with Crippen molar-refractivity contribution in [2.45, 2.75) is 4.90 Å². The molecule has 0 saturated carbocycles. The highest BCUT2D eigenvalue weighted by molar-refractivity contribution is 7.92. The fourth-order valence-electron chi connectivity index (χ4n) is 1.46. The number of nitrogens with one attached hydrogen (secondary N) is 2. The zero-order chi connectivity index (χ0) is 14.8. The Morgan fingerprint density at radius 3 is 2.80 bits per heavy atom. The molecule has 0 fully saturated rings. The second kappa shape index (κ2) is 5.39. The van der Waals surface area contributed by atoms with Gasteiger partial charge in [-0.3, -0.25) is 9.82 Å². The highest BCUT2D eigenvalue weighted by atomic mass is 35.5. The van der Waals surface area contributed by atoms with Crippen LogP contribution in [0.1, 0.15) is 5.56 Å². The zero-order valence-corrected chi connectivity index (χ0v) is 11.5. The number of H-pyrrole nitrogens is 1. The number of amidine groups is 1. The van der Waals surface area contributed by atoms with Gasteiger partial charge in [0, 0.05) is 0 Å². The molecule has 0 aliphatic rings. The standard InChI is InChI=1S/C10H10ClN5O3S/c11-7-3-1-2-4-8(7)20(18,19)16-10-6(5-13-14-10)9(12)15-17/h1-5,17H,(H2,12,15)(H2,13,14,16). The molecule has 0 spiro atoms. The van der Waals surface area contributed by atoms with Gasteiger partial charge in [0.2, 0.25) is 0 Å². The topological polar surface area (TPSA) is 133 Å². The van der Waals surface area contributed by atoms with E-state index in [2.05, 4.69) is 20.1 Å². The summed E-state index contributed by atoms with van der Waals surface area (Å²) in [7, 11) is -3.92. The Hall–Kier alpha value is -2.26. The van der Waals surface area contributed by atoms with Crippen LogP contribution in [0, 0.1) is 0 Å². The van der Waals surface area contributed by atoms with E-state index in [-0.39, 0.29) is 27.1 Å². The number of anilines is 1. The Labute approximate surface area is 119 Å². The minimum absolute atomic E-state index is 0.0276. The summed E-state index contributed by atoms with van der Waals surface area (Å²) in [6.07, 6.45) is 1.22. The van der Waals surface area contributed by atoms with Crippen LogP contribution in [-0.2, 0) is 10.0 Å². The Balaban J connectivity index is 2.40. The summed E-state index contributed by atoms with van der Waals surface area (Å²) < 4.78 is 26.6. The Morgan fingerprint density at radius 1 is 1.45 bits per heavy atom. The average molecular weight is 316 g/mol. The molecule has 5 N–H and O–H groups in total. The summed E-state index contributed by atoms with van der Waals surface area (Å²) in [6.45, 7) is 0. The average Bonchev–Trinajstić information content (AvgIpc) is 2.85. The van der Waals surface area contributed by atoms with E-state index in [1.54, 1.807) is 6.07 Å². The lowest BCUT2D eigenvalue weighted by Crippen LogP contribution is -2.19.